The van der Waals surface area contributed by atoms with Crippen molar-refractivity contribution in [1.82, 2.24) is 5.32 Å². The van der Waals surface area contributed by atoms with Gasteiger partial charge >= 0.3 is 0 Å². The number of unbranched alkanes of at least 4 members (excludes halogenated alkanes) is 30. The molecule has 1 saturated heterocycles. The number of carbonyl (C=O) groups is 1. The normalized spacial score (nSPS) is 20.8. The van der Waals surface area contributed by atoms with Crippen molar-refractivity contribution in [2.45, 2.75) is 281 Å². The lowest BCUT2D eigenvalue weighted by atomic mass is 9.99. The fraction of sp³-hybridized carbons (Fsp3) is 0.939. The molecule has 0 aromatic carbocycles. The van der Waals surface area contributed by atoms with Gasteiger partial charge in [0.2, 0.25) is 5.91 Å². The highest BCUT2D eigenvalue weighted by molar-refractivity contribution is 5.76. The molecule has 9 nitrogen and oxygen atoms in total. The Balaban J connectivity index is 2.29. The number of allylic oxidation sites excluding steroid dienone is 2. The van der Waals surface area contributed by atoms with Gasteiger partial charge in [0, 0.05) is 6.42 Å². The molecule has 0 spiro atoms. The predicted octanol–water partition coefficient (Wildman–Crippen LogP) is 10.9. The third-order valence-corrected chi connectivity index (χ3v) is 12.1. The molecule has 9 heteroatoms. The highest BCUT2D eigenvalue weighted by Crippen LogP contribution is 2.23. The number of carbonyl (C=O) groups excluding carboxylic acids is 1. The minimum absolute atomic E-state index is 0.138. The van der Waals surface area contributed by atoms with Gasteiger partial charge in [0.15, 0.2) is 6.29 Å². The quantitative estimate of drug-likeness (QED) is 0.0263. The fourth-order valence-corrected chi connectivity index (χ4v) is 8.10. The van der Waals surface area contributed by atoms with Crippen LogP contribution in [0.4, 0.5) is 0 Å². The van der Waals surface area contributed by atoms with Crippen LogP contribution in [0.25, 0.3) is 0 Å². The van der Waals surface area contributed by atoms with Gasteiger partial charge in [0.1, 0.15) is 24.4 Å². The summed E-state index contributed by atoms with van der Waals surface area (Å²) >= 11 is 0. The average molecular weight is 826 g/mol. The maximum Gasteiger partial charge on any atom is 0.220 e. The minimum Gasteiger partial charge on any atom is -0.394 e. The second kappa shape index (κ2) is 40.0. The first kappa shape index (κ1) is 54.9. The summed E-state index contributed by atoms with van der Waals surface area (Å²) < 4.78 is 11.3. The molecule has 1 fully saturated rings. The van der Waals surface area contributed by atoms with Crippen LogP contribution in [0.2, 0.25) is 0 Å². The Morgan fingerprint density at radius 1 is 0.569 bits per heavy atom. The van der Waals surface area contributed by atoms with Crippen LogP contribution in [0.3, 0.4) is 0 Å². The first-order chi connectivity index (χ1) is 28.3. The van der Waals surface area contributed by atoms with Gasteiger partial charge in [-0.1, -0.05) is 206 Å². The molecule has 0 bridgehead atoms. The molecule has 0 aliphatic carbocycles. The molecule has 58 heavy (non-hydrogen) atoms. The number of rotatable bonds is 42. The van der Waals surface area contributed by atoms with E-state index in [0.29, 0.717) is 12.8 Å². The highest BCUT2D eigenvalue weighted by atomic mass is 16.7. The zero-order valence-electron chi connectivity index (χ0n) is 37.8. The van der Waals surface area contributed by atoms with Crippen molar-refractivity contribution in [3.05, 3.63) is 12.2 Å². The summed E-state index contributed by atoms with van der Waals surface area (Å²) in [5, 5.41) is 54.5. The summed E-state index contributed by atoms with van der Waals surface area (Å²) in [5.74, 6) is -0.150. The van der Waals surface area contributed by atoms with Crippen molar-refractivity contribution in [2.24, 2.45) is 0 Å². The minimum atomic E-state index is -1.55. The van der Waals surface area contributed by atoms with Crippen molar-refractivity contribution >= 4 is 5.91 Å². The Morgan fingerprint density at radius 2 is 0.966 bits per heavy atom. The maximum atomic E-state index is 13.0. The number of ether oxygens (including phenoxy) is 2. The molecule has 0 aromatic rings. The summed E-state index contributed by atoms with van der Waals surface area (Å²) in [5.41, 5.74) is 0. The molecule has 344 valence electrons. The van der Waals surface area contributed by atoms with E-state index in [1.807, 2.05) is 0 Å². The van der Waals surface area contributed by atoms with Crippen LogP contribution >= 0.6 is 0 Å². The number of aliphatic hydroxyl groups is 5. The topological polar surface area (TPSA) is 149 Å². The van der Waals surface area contributed by atoms with E-state index in [1.54, 1.807) is 0 Å². The van der Waals surface area contributed by atoms with Crippen LogP contribution in [-0.2, 0) is 14.3 Å². The number of amides is 1. The molecule has 6 N–H and O–H groups in total. The molecular formula is C49H95NO8. The van der Waals surface area contributed by atoms with Gasteiger partial charge in [-0.2, -0.15) is 0 Å². The molecule has 0 aromatic heterocycles. The van der Waals surface area contributed by atoms with E-state index in [-0.39, 0.29) is 12.5 Å². The van der Waals surface area contributed by atoms with Crippen LogP contribution < -0.4 is 5.32 Å². The summed E-state index contributed by atoms with van der Waals surface area (Å²) in [6, 6.07) is -0.719. The van der Waals surface area contributed by atoms with Crippen molar-refractivity contribution < 1.29 is 39.8 Å². The van der Waals surface area contributed by atoms with Gasteiger partial charge in [-0.05, 0) is 38.5 Å². The second-order valence-electron chi connectivity index (χ2n) is 17.6. The SMILES string of the molecule is CCCCCCCCC/C=C\CCCCCCCC(=O)NC(COC1OC(CO)C(O)C(O)C1O)C(O)CCCCCCCCCCCCCCCCCCCCC. The maximum absolute atomic E-state index is 13.0. The third-order valence-electron chi connectivity index (χ3n) is 12.1. The van der Waals surface area contributed by atoms with Gasteiger partial charge in [0.25, 0.3) is 0 Å². The summed E-state index contributed by atoms with van der Waals surface area (Å²) in [6.45, 7) is 3.85. The van der Waals surface area contributed by atoms with E-state index in [9.17, 15) is 30.3 Å². The lowest BCUT2D eigenvalue weighted by Gasteiger charge is -2.40. The Kier molecular flexibility index (Phi) is 37.9. The Morgan fingerprint density at radius 3 is 1.40 bits per heavy atom. The zero-order valence-corrected chi connectivity index (χ0v) is 37.8. The van der Waals surface area contributed by atoms with Crippen molar-refractivity contribution in [2.75, 3.05) is 13.2 Å². The Bertz CT molecular complexity index is 919. The van der Waals surface area contributed by atoms with Crippen LogP contribution in [-0.4, -0.2) is 87.5 Å². The Hall–Kier alpha value is -1.07. The van der Waals surface area contributed by atoms with Crippen LogP contribution in [0.1, 0.15) is 239 Å². The summed E-state index contributed by atoms with van der Waals surface area (Å²) in [6.07, 6.45) is 39.3. The number of aliphatic hydroxyl groups excluding tert-OH is 5. The molecule has 1 amide bonds. The second-order valence-corrected chi connectivity index (χ2v) is 17.6. The predicted molar refractivity (Wildman–Crippen MR) is 240 cm³/mol. The molecular weight excluding hydrogens is 731 g/mol. The van der Waals surface area contributed by atoms with Crippen LogP contribution in [0.5, 0.6) is 0 Å². The van der Waals surface area contributed by atoms with Gasteiger partial charge in [-0.25, -0.2) is 0 Å². The van der Waals surface area contributed by atoms with E-state index in [0.717, 1.165) is 51.4 Å². The molecule has 1 rings (SSSR count). The lowest BCUT2D eigenvalue weighted by Crippen LogP contribution is -2.60. The number of hydrogen-bond donors (Lipinski definition) is 6. The van der Waals surface area contributed by atoms with Gasteiger partial charge in [-0.3, -0.25) is 4.79 Å². The standard InChI is InChI=1S/C49H95NO8/c1-3-5-7-9-11-13-15-17-19-21-22-23-24-26-28-30-32-34-36-38-43(52)42(41-57-49-48(56)47(55)46(54)44(40-51)58-49)50-45(53)39-37-35-33-31-29-27-25-20-18-16-14-12-10-8-6-4-2/h20,25,42-44,46-49,51-52,54-56H,3-19,21-24,26-41H2,1-2H3,(H,50,53)/b25-20-. The van der Waals surface area contributed by atoms with Crippen molar-refractivity contribution in [1.29, 1.82) is 0 Å². The molecule has 1 heterocycles. The first-order valence-electron chi connectivity index (χ1n) is 24.9. The Labute approximate surface area is 356 Å². The van der Waals surface area contributed by atoms with E-state index >= 15 is 0 Å². The molecule has 0 radical (unpaired) electrons. The molecule has 0 saturated carbocycles. The van der Waals surface area contributed by atoms with E-state index < -0.39 is 49.5 Å². The monoisotopic (exact) mass is 826 g/mol. The number of nitrogens with one attached hydrogen (secondary N) is 1. The first-order valence-corrected chi connectivity index (χ1v) is 24.9. The van der Waals surface area contributed by atoms with Crippen molar-refractivity contribution in [3.8, 4) is 0 Å². The van der Waals surface area contributed by atoms with Gasteiger partial charge < -0.3 is 40.3 Å². The highest BCUT2D eigenvalue weighted by Gasteiger charge is 2.44. The lowest BCUT2D eigenvalue weighted by molar-refractivity contribution is -0.302. The zero-order chi connectivity index (χ0) is 42.3. The average Bonchev–Trinajstić information content (AvgIpc) is 3.22. The van der Waals surface area contributed by atoms with E-state index in [2.05, 4.69) is 31.3 Å². The largest absolute Gasteiger partial charge is 0.394 e. The molecule has 7 atom stereocenters. The summed E-state index contributed by atoms with van der Waals surface area (Å²) in [4.78, 5) is 13.0. The number of hydrogen-bond acceptors (Lipinski definition) is 8. The fourth-order valence-electron chi connectivity index (χ4n) is 8.10. The van der Waals surface area contributed by atoms with Crippen LogP contribution in [0.15, 0.2) is 12.2 Å². The summed E-state index contributed by atoms with van der Waals surface area (Å²) in [7, 11) is 0. The van der Waals surface area contributed by atoms with Crippen molar-refractivity contribution in [3.63, 3.8) is 0 Å². The smallest absolute Gasteiger partial charge is 0.220 e. The molecule has 7 unspecified atom stereocenters. The van der Waals surface area contributed by atoms with Gasteiger partial charge in [-0.15, -0.1) is 0 Å². The van der Waals surface area contributed by atoms with Crippen LogP contribution in [0, 0.1) is 0 Å². The van der Waals surface area contributed by atoms with E-state index in [4.69, 9.17) is 9.47 Å². The van der Waals surface area contributed by atoms with Gasteiger partial charge in [0.05, 0.1) is 25.4 Å². The molecule has 1 aliphatic rings. The third kappa shape index (κ3) is 30.0. The van der Waals surface area contributed by atoms with E-state index in [1.165, 1.54) is 161 Å². The molecule has 1 aliphatic heterocycles.